The molecule has 1 amide bonds. The summed E-state index contributed by atoms with van der Waals surface area (Å²) >= 11 is 0. The second kappa shape index (κ2) is 8.93. The third kappa shape index (κ3) is 5.04. The molecule has 0 saturated carbocycles. The summed E-state index contributed by atoms with van der Waals surface area (Å²) < 4.78 is 5.51. The molecule has 1 aromatic carbocycles. The van der Waals surface area contributed by atoms with E-state index in [4.69, 9.17) is 4.42 Å². The number of benzene rings is 1. The zero-order valence-electron chi connectivity index (χ0n) is 16.3. The molecule has 152 valence electrons. The van der Waals surface area contributed by atoms with Crippen LogP contribution in [0.1, 0.15) is 40.7 Å². The number of hydrogen-bond donors (Lipinski definition) is 2. The molecule has 1 saturated heterocycles. The number of carbonyl (C=O) groups is 1. The maximum Gasteiger partial charge on any atom is 0.273 e. The van der Waals surface area contributed by atoms with Gasteiger partial charge >= 0.3 is 0 Å². The molecule has 1 fully saturated rings. The van der Waals surface area contributed by atoms with Gasteiger partial charge in [0.15, 0.2) is 11.5 Å². The lowest BCUT2D eigenvalue weighted by atomic mass is 10.2. The van der Waals surface area contributed by atoms with E-state index in [1.165, 1.54) is 11.8 Å². The standard InChI is InChI=1S/C19H24N8O2/c1-14(18-22-24-25-23-18)20-19(28)16-13-29-17(21-16)12-27-9-7-26(8-10-27)11-15-5-3-2-4-6-15/h2-6,13-14H,7-12H2,1H3,(H,20,28)(H,22,23,24,25). The van der Waals surface area contributed by atoms with E-state index < -0.39 is 0 Å². The van der Waals surface area contributed by atoms with Gasteiger partial charge in [-0.1, -0.05) is 35.5 Å². The first-order valence-electron chi connectivity index (χ1n) is 9.64. The van der Waals surface area contributed by atoms with E-state index in [0.717, 1.165) is 32.7 Å². The molecule has 0 radical (unpaired) electrons. The molecule has 0 spiro atoms. The van der Waals surface area contributed by atoms with E-state index in [0.29, 0.717) is 18.3 Å². The minimum absolute atomic E-state index is 0.248. The number of tetrazole rings is 1. The monoisotopic (exact) mass is 396 g/mol. The number of aromatic nitrogens is 5. The summed E-state index contributed by atoms with van der Waals surface area (Å²) in [6, 6.07) is 10.1. The number of carbonyl (C=O) groups excluding carboxylic acids is 1. The van der Waals surface area contributed by atoms with Crippen molar-refractivity contribution in [1.82, 2.24) is 40.7 Å². The molecule has 1 unspecified atom stereocenters. The molecule has 10 heteroatoms. The largest absolute Gasteiger partial charge is 0.447 e. The Morgan fingerprint density at radius 2 is 1.90 bits per heavy atom. The van der Waals surface area contributed by atoms with Crippen LogP contribution in [-0.4, -0.2) is 67.5 Å². The number of aromatic amines is 1. The lowest BCUT2D eigenvalue weighted by molar-refractivity contribution is 0.0933. The molecule has 2 N–H and O–H groups in total. The van der Waals surface area contributed by atoms with Gasteiger partial charge in [-0.15, -0.1) is 10.2 Å². The maximum atomic E-state index is 12.3. The molecular formula is C19H24N8O2. The van der Waals surface area contributed by atoms with Crippen LogP contribution in [0.2, 0.25) is 0 Å². The average Bonchev–Trinajstić information content (AvgIpc) is 3.43. The Kier molecular flexibility index (Phi) is 5.92. The van der Waals surface area contributed by atoms with E-state index in [1.807, 2.05) is 6.07 Å². The summed E-state index contributed by atoms with van der Waals surface area (Å²) in [4.78, 5) is 21.4. The second-order valence-corrected chi connectivity index (χ2v) is 7.13. The quantitative estimate of drug-likeness (QED) is 0.608. The smallest absolute Gasteiger partial charge is 0.273 e. The van der Waals surface area contributed by atoms with E-state index in [-0.39, 0.29) is 17.6 Å². The van der Waals surface area contributed by atoms with Crippen molar-refractivity contribution < 1.29 is 9.21 Å². The number of hydrogen-bond acceptors (Lipinski definition) is 8. The third-order valence-electron chi connectivity index (χ3n) is 4.95. The third-order valence-corrected chi connectivity index (χ3v) is 4.95. The van der Waals surface area contributed by atoms with Crippen molar-refractivity contribution in [3.63, 3.8) is 0 Å². The van der Waals surface area contributed by atoms with Crippen LogP contribution in [0.15, 0.2) is 41.0 Å². The van der Waals surface area contributed by atoms with Crippen LogP contribution < -0.4 is 5.32 Å². The Bertz CT molecular complexity index is 903. The van der Waals surface area contributed by atoms with Gasteiger partial charge in [-0.25, -0.2) is 4.98 Å². The lowest BCUT2D eigenvalue weighted by Gasteiger charge is -2.34. The van der Waals surface area contributed by atoms with Crippen molar-refractivity contribution >= 4 is 5.91 Å². The van der Waals surface area contributed by atoms with Crippen LogP contribution >= 0.6 is 0 Å². The molecule has 3 heterocycles. The van der Waals surface area contributed by atoms with Crippen LogP contribution in [0.5, 0.6) is 0 Å². The SMILES string of the molecule is CC(NC(=O)c1coc(CN2CCN(Cc3ccccc3)CC2)n1)c1nn[nH]n1. The van der Waals surface area contributed by atoms with Gasteiger partial charge in [-0.2, -0.15) is 5.21 Å². The number of nitrogens with one attached hydrogen (secondary N) is 2. The minimum atomic E-state index is -0.376. The number of amides is 1. The topological polar surface area (TPSA) is 116 Å². The molecule has 1 atom stereocenters. The molecule has 10 nitrogen and oxygen atoms in total. The Labute approximate surface area is 168 Å². The number of H-pyrrole nitrogens is 1. The summed E-state index contributed by atoms with van der Waals surface area (Å²) in [7, 11) is 0. The van der Waals surface area contributed by atoms with Gasteiger partial charge < -0.3 is 9.73 Å². The average molecular weight is 396 g/mol. The zero-order valence-corrected chi connectivity index (χ0v) is 16.3. The van der Waals surface area contributed by atoms with Gasteiger partial charge in [0.2, 0.25) is 5.89 Å². The van der Waals surface area contributed by atoms with Crippen molar-refractivity contribution in [2.24, 2.45) is 0 Å². The highest BCUT2D eigenvalue weighted by Gasteiger charge is 2.21. The molecule has 29 heavy (non-hydrogen) atoms. The van der Waals surface area contributed by atoms with Crippen LogP contribution in [-0.2, 0) is 13.1 Å². The summed E-state index contributed by atoms with van der Waals surface area (Å²) in [6.07, 6.45) is 1.39. The number of nitrogens with zero attached hydrogens (tertiary/aromatic N) is 6. The maximum absolute atomic E-state index is 12.3. The van der Waals surface area contributed by atoms with Gasteiger partial charge in [0, 0.05) is 32.7 Å². The highest BCUT2D eigenvalue weighted by molar-refractivity contribution is 5.92. The van der Waals surface area contributed by atoms with Crippen molar-refractivity contribution in [2.75, 3.05) is 26.2 Å². The second-order valence-electron chi connectivity index (χ2n) is 7.13. The zero-order chi connectivity index (χ0) is 20.1. The Morgan fingerprint density at radius 3 is 2.59 bits per heavy atom. The first-order chi connectivity index (χ1) is 14.2. The number of piperazine rings is 1. The fourth-order valence-corrected chi connectivity index (χ4v) is 3.31. The van der Waals surface area contributed by atoms with Gasteiger partial charge in [0.05, 0.1) is 12.6 Å². The Hall–Kier alpha value is -3.11. The first kappa shape index (κ1) is 19.2. The summed E-state index contributed by atoms with van der Waals surface area (Å²) in [6.45, 7) is 7.19. The molecule has 0 aliphatic carbocycles. The van der Waals surface area contributed by atoms with Crippen LogP contribution in [0.3, 0.4) is 0 Å². The molecule has 0 bridgehead atoms. The fraction of sp³-hybridized carbons (Fsp3) is 0.421. The summed E-state index contributed by atoms with van der Waals surface area (Å²) in [5, 5.41) is 16.4. The Morgan fingerprint density at radius 1 is 1.17 bits per heavy atom. The predicted molar refractivity (Wildman–Crippen MR) is 104 cm³/mol. The Balaban J connectivity index is 1.25. The van der Waals surface area contributed by atoms with E-state index >= 15 is 0 Å². The number of rotatable bonds is 7. The number of oxazole rings is 1. The summed E-state index contributed by atoms with van der Waals surface area (Å²) in [5.74, 6) is 0.624. The van der Waals surface area contributed by atoms with Crippen LogP contribution in [0.25, 0.3) is 0 Å². The molecule has 1 aliphatic heterocycles. The summed E-state index contributed by atoms with van der Waals surface area (Å²) in [5.41, 5.74) is 1.58. The van der Waals surface area contributed by atoms with Crippen molar-refractivity contribution in [1.29, 1.82) is 0 Å². The van der Waals surface area contributed by atoms with Crippen LogP contribution in [0.4, 0.5) is 0 Å². The van der Waals surface area contributed by atoms with Crippen LogP contribution in [0, 0.1) is 0 Å². The molecule has 2 aromatic heterocycles. The highest BCUT2D eigenvalue weighted by Crippen LogP contribution is 2.12. The van der Waals surface area contributed by atoms with Gasteiger partial charge in [-0.3, -0.25) is 14.6 Å². The van der Waals surface area contributed by atoms with Gasteiger partial charge in [0.1, 0.15) is 6.26 Å². The predicted octanol–water partition coefficient (Wildman–Crippen LogP) is 0.996. The van der Waals surface area contributed by atoms with Gasteiger partial charge in [-0.05, 0) is 12.5 Å². The minimum Gasteiger partial charge on any atom is -0.447 e. The van der Waals surface area contributed by atoms with Gasteiger partial charge in [0.25, 0.3) is 5.91 Å². The molecule has 3 aromatic rings. The lowest BCUT2D eigenvalue weighted by Crippen LogP contribution is -2.45. The van der Waals surface area contributed by atoms with E-state index in [1.54, 1.807) is 6.92 Å². The molecule has 4 rings (SSSR count). The normalized spacial score (nSPS) is 16.6. The van der Waals surface area contributed by atoms with Crippen molar-refractivity contribution in [3.8, 4) is 0 Å². The molecule has 1 aliphatic rings. The highest BCUT2D eigenvalue weighted by atomic mass is 16.3. The van der Waals surface area contributed by atoms with E-state index in [9.17, 15) is 4.79 Å². The first-order valence-corrected chi connectivity index (χ1v) is 9.64. The fourth-order valence-electron chi connectivity index (χ4n) is 3.31. The van der Waals surface area contributed by atoms with E-state index in [2.05, 4.69) is 65.0 Å². The van der Waals surface area contributed by atoms with Crippen molar-refractivity contribution in [2.45, 2.75) is 26.1 Å². The van der Waals surface area contributed by atoms with Crippen molar-refractivity contribution in [3.05, 3.63) is 59.6 Å². The molecular weight excluding hydrogens is 372 g/mol.